The minimum absolute atomic E-state index is 0.00675. The van der Waals surface area contributed by atoms with Crippen LogP contribution < -0.4 is 5.32 Å². The molecule has 1 N–H and O–H groups in total. The first kappa shape index (κ1) is 22.3. The monoisotopic (exact) mass is 444 g/mol. The van der Waals surface area contributed by atoms with Gasteiger partial charge in [0.2, 0.25) is 5.91 Å². The Balaban J connectivity index is 1.53. The van der Waals surface area contributed by atoms with E-state index >= 15 is 0 Å². The van der Waals surface area contributed by atoms with Crippen molar-refractivity contribution in [3.63, 3.8) is 0 Å². The molecule has 1 saturated heterocycles. The molecule has 0 radical (unpaired) electrons. The average molecular weight is 444 g/mol. The van der Waals surface area contributed by atoms with E-state index in [9.17, 15) is 26.4 Å². The van der Waals surface area contributed by atoms with Gasteiger partial charge in [0.1, 0.15) is 5.82 Å². The van der Waals surface area contributed by atoms with Crippen molar-refractivity contribution < 1.29 is 26.4 Å². The van der Waals surface area contributed by atoms with E-state index in [0.29, 0.717) is 24.2 Å². The third-order valence-corrected chi connectivity index (χ3v) is 7.03. The van der Waals surface area contributed by atoms with Crippen molar-refractivity contribution in [2.45, 2.75) is 37.5 Å². The van der Waals surface area contributed by atoms with Crippen LogP contribution in [-0.2, 0) is 34.6 Å². The standard InChI is InChI=1S/C19H23F3N4O3S/c1-13-24-17(12-25(13)2)30(28,29)26-9-7-15(8-10-26)18(27)23-11-14-3-5-16(6-4-14)19(20,21)22/h3-6,12,15H,7-11H2,1-2H3,(H,23,27). The predicted molar refractivity (Wildman–Crippen MR) is 103 cm³/mol. The molecule has 164 valence electrons. The van der Waals surface area contributed by atoms with Crippen LogP contribution in [0.3, 0.4) is 0 Å². The highest BCUT2D eigenvalue weighted by Crippen LogP contribution is 2.29. The lowest BCUT2D eigenvalue weighted by Crippen LogP contribution is -2.43. The maximum atomic E-state index is 12.7. The van der Waals surface area contributed by atoms with E-state index < -0.39 is 21.8 Å². The summed E-state index contributed by atoms with van der Waals surface area (Å²) in [7, 11) is -1.99. The van der Waals surface area contributed by atoms with Crippen molar-refractivity contribution in [3.05, 3.63) is 47.4 Å². The van der Waals surface area contributed by atoms with Gasteiger partial charge in [-0.25, -0.2) is 13.4 Å². The fourth-order valence-electron chi connectivity index (χ4n) is 3.29. The number of imidazole rings is 1. The molecule has 0 aliphatic carbocycles. The molecule has 2 heterocycles. The number of nitrogens with zero attached hydrogens (tertiary/aromatic N) is 3. The molecule has 3 rings (SSSR count). The van der Waals surface area contributed by atoms with E-state index in [4.69, 9.17) is 0 Å². The molecule has 11 heteroatoms. The van der Waals surface area contributed by atoms with Gasteiger partial charge in [0.05, 0.1) is 5.56 Å². The van der Waals surface area contributed by atoms with E-state index in [1.54, 1.807) is 18.5 Å². The number of carbonyl (C=O) groups is 1. The lowest BCUT2D eigenvalue weighted by Gasteiger charge is -2.29. The van der Waals surface area contributed by atoms with Crippen LogP contribution in [-0.4, -0.2) is 41.3 Å². The van der Waals surface area contributed by atoms with Crippen LogP contribution >= 0.6 is 0 Å². The smallest absolute Gasteiger partial charge is 0.352 e. The van der Waals surface area contributed by atoms with E-state index in [2.05, 4.69) is 10.3 Å². The number of halogens is 3. The third-order valence-electron chi connectivity index (χ3n) is 5.26. The molecule has 7 nitrogen and oxygen atoms in total. The zero-order valence-corrected chi connectivity index (χ0v) is 17.4. The quantitative estimate of drug-likeness (QED) is 0.768. The minimum Gasteiger partial charge on any atom is -0.352 e. The van der Waals surface area contributed by atoms with Crippen LogP contribution in [0.25, 0.3) is 0 Å². The molecular weight excluding hydrogens is 421 g/mol. The second kappa shape index (κ2) is 8.38. The molecule has 1 aliphatic heterocycles. The second-order valence-electron chi connectivity index (χ2n) is 7.33. The Bertz CT molecular complexity index is 989. The van der Waals surface area contributed by atoms with Gasteiger partial charge in [-0.1, -0.05) is 12.1 Å². The lowest BCUT2D eigenvalue weighted by atomic mass is 9.97. The second-order valence-corrected chi connectivity index (χ2v) is 9.21. The average Bonchev–Trinajstić information content (AvgIpc) is 3.05. The van der Waals surface area contributed by atoms with Crippen LogP contribution in [0.2, 0.25) is 0 Å². The summed E-state index contributed by atoms with van der Waals surface area (Å²) < 4.78 is 66.2. The summed E-state index contributed by atoms with van der Waals surface area (Å²) in [5.41, 5.74) is -0.184. The number of piperidine rings is 1. The zero-order valence-electron chi connectivity index (χ0n) is 16.6. The molecule has 1 amide bonds. The van der Waals surface area contributed by atoms with Crippen molar-refractivity contribution in [3.8, 4) is 0 Å². The highest BCUT2D eigenvalue weighted by molar-refractivity contribution is 7.89. The number of sulfonamides is 1. The van der Waals surface area contributed by atoms with Crippen molar-refractivity contribution in [2.24, 2.45) is 13.0 Å². The molecule has 1 aromatic heterocycles. The Morgan fingerprint density at radius 3 is 2.30 bits per heavy atom. The zero-order chi connectivity index (χ0) is 22.1. The first-order chi connectivity index (χ1) is 14.0. The van der Waals surface area contributed by atoms with Gasteiger partial charge in [0, 0.05) is 38.8 Å². The number of amides is 1. The summed E-state index contributed by atoms with van der Waals surface area (Å²) in [5, 5.41) is 2.71. The van der Waals surface area contributed by atoms with E-state index in [1.165, 1.54) is 22.6 Å². The van der Waals surface area contributed by atoms with Crippen molar-refractivity contribution in [1.29, 1.82) is 0 Å². The van der Waals surface area contributed by atoms with Gasteiger partial charge in [-0.05, 0) is 37.5 Å². The van der Waals surface area contributed by atoms with Crippen molar-refractivity contribution in [2.75, 3.05) is 13.1 Å². The first-order valence-corrected chi connectivity index (χ1v) is 10.9. The minimum atomic E-state index is -4.40. The number of hydrogen-bond acceptors (Lipinski definition) is 4. The fraction of sp³-hybridized carbons (Fsp3) is 0.474. The molecule has 1 aromatic carbocycles. The Kier molecular flexibility index (Phi) is 6.23. The molecule has 0 spiro atoms. The first-order valence-electron chi connectivity index (χ1n) is 9.42. The molecule has 1 aliphatic rings. The number of alkyl halides is 3. The van der Waals surface area contributed by atoms with Gasteiger partial charge in [-0.15, -0.1) is 0 Å². The number of rotatable bonds is 5. The van der Waals surface area contributed by atoms with Crippen LogP contribution in [0.1, 0.15) is 29.8 Å². The van der Waals surface area contributed by atoms with E-state index in [1.807, 2.05) is 0 Å². The Hall–Kier alpha value is -2.40. The molecule has 1 fully saturated rings. The Morgan fingerprint density at radius 2 is 1.80 bits per heavy atom. The highest BCUT2D eigenvalue weighted by Gasteiger charge is 2.33. The van der Waals surface area contributed by atoms with Gasteiger partial charge in [0.15, 0.2) is 5.03 Å². The van der Waals surface area contributed by atoms with Crippen molar-refractivity contribution in [1.82, 2.24) is 19.2 Å². The summed E-state index contributed by atoms with van der Waals surface area (Å²) >= 11 is 0. The molecule has 0 saturated carbocycles. The van der Waals surface area contributed by atoms with Crippen LogP contribution in [0, 0.1) is 12.8 Å². The number of carbonyl (C=O) groups excluding carboxylic acids is 1. The lowest BCUT2D eigenvalue weighted by molar-refractivity contribution is -0.137. The largest absolute Gasteiger partial charge is 0.416 e. The van der Waals surface area contributed by atoms with Gasteiger partial charge in [-0.2, -0.15) is 17.5 Å². The fourth-order valence-corrected chi connectivity index (χ4v) is 4.78. The maximum Gasteiger partial charge on any atom is 0.416 e. The van der Waals surface area contributed by atoms with Crippen molar-refractivity contribution >= 4 is 15.9 Å². The number of nitrogens with one attached hydrogen (secondary N) is 1. The molecular formula is C19H23F3N4O3S. The number of benzene rings is 1. The summed E-state index contributed by atoms with van der Waals surface area (Å²) in [5.74, 6) is 0.00287. The number of aryl methyl sites for hydroxylation is 2. The molecule has 0 bridgehead atoms. The highest BCUT2D eigenvalue weighted by atomic mass is 32.2. The topological polar surface area (TPSA) is 84.3 Å². The summed E-state index contributed by atoms with van der Waals surface area (Å²) in [6.07, 6.45) is -2.20. The predicted octanol–water partition coefficient (Wildman–Crippen LogP) is 2.46. The summed E-state index contributed by atoms with van der Waals surface area (Å²) in [4.78, 5) is 16.5. The SMILES string of the molecule is Cc1nc(S(=O)(=O)N2CCC(C(=O)NCc3ccc(C(F)(F)F)cc3)CC2)cn1C. The third kappa shape index (κ3) is 4.84. The summed E-state index contributed by atoms with van der Waals surface area (Å²) in [6, 6.07) is 4.61. The van der Waals surface area contributed by atoms with Crippen LogP contribution in [0.4, 0.5) is 13.2 Å². The normalized spacial score (nSPS) is 16.6. The molecule has 0 atom stereocenters. The van der Waals surface area contributed by atoms with Gasteiger partial charge < -0.3 is 9.88 Å². The molecule has 2 aromatic rings. The summed E-state index contributed by atoms with van der Waals surface area (Å²) in [6.45, 7) is 2.24. The molecule has 30 heavy (non-hydrogen) atoms. The van der Waals surface area contributed by atoms with Gasteiger partial charge in [-0.3, -0.25) is 4.79 Å². The van der Waals surface area contributed by atoms with Gasteiger partial charge in [0.25, 0.3) is 10.0 Å². The van der Waals surface area contributed by atoms with E-state index in [0.717, 1.165) is 12.1 Å². The maximum absolute atomic E-state index is 12.7. The molecule has 0 unspecified atom stereocenters. The number of hydrogen-bond donors (Lipinski definition) is 1. The van der Waals surface area contributed by atoms with Crippen LogP contribution in [0.15, 0.2) is 35.5 Å². The van der Waals surface area contributed by atoms with Gasteiger partial charge >= 0.3 is 6.18 Å². The van der Waals surface area contributed by atoms with Crippen LogP contribution in [0.5, 0.6) is 0 Å². The Labute approximate surface area is 172 Å². The van der Waals surface area contributed by atoms with E-state index in [-0.39, 0.29) is 36.5 Å². The Morgan fingerprint density at radius 1 is 1.20 bits per heavy atom. The number of aromatic nitrogens is 2.